The predicted molar refractivity (Wildman–Crippen MR) is 71.9 cm³/mol. The number of methoxy groups -OCH3 is 1. The molecule has 0 aliphatic carbocycles. The molecule has 0 bridgehead atoms. The molecule has 0 amide bonds. The molecule has 17 heavy (non-hydrogen) atoms. The molecule has 1 aromatic carbocycles. The number of anilines is 1. The Morgan fingerprint density at radius 1 is 1.41 bits per heavy atom. The Morgan fingerprint density at radius 3 is 2.71 bits per heavy atom. The zero-order valence-corrected chi connectivity index (χ0v) is 10.6. The van der Waals surface area contributed by atoms with Crippen molar-refractivity contribution in [1.29, 1.82) is 0 Å². The van der Waals surface area contributed by atoms with Crippen LogP contribution in [0.1, 0.15) is 5.56 Å². The minimum Gasteiger partial charge on any atom is -0.497 e. The average Bonchev–Trinajstić information content (AvgIpc) is 2.39. The van der Waals surface area contributed by atoms with Gasteiger partial charge >= 0.3 is 0 Å². The topological polar surface area (TPSA) is 47.7 Å². The van der Waals surface area contributed by atoms with Crippen LogP contribution in [0.2, 0.25) is 0 Å². The third kappa shape index (κ3) is 2.68. The highest BCUT2D eigenvalue weighted by Crippen LogP contribution is 2.26. The normalized spacial score (nSPS) is 15.7. The van der Waals surface area contributed by atoms with Gasteiger partial charge in [-0.25, -0.2) is 0 Å². The fraction of sp³-hybridized carbons (Fsp3) is 0.417. The summed E-state index contributed by atoms with van der Waals surface area (Å²) in [5.41, 5.74) is 7.66. The number of ether oxygens (including phenoxy) is 2. The first kappa shape index (κ1) is 12.1. The van der Waals surface area contributed by atoms with E-state index in [0.29, 0.717) is 4.99 Å². The van der Waals surface area contributed by atoms with E-state index in [1.165, 1.54) is 0 Å². The second kappa shape index (κ2) is 5.33. The van der Waals surface area contributed by atoms with E-state index >= 15 is 0 Å². The highest BCUT2D eigenvalue weighted by Gasteiger charge is 2.16. The van der Waals surface area contributed by atoms with Gasteiger partial charge in [-0.3, -0.25) is 0 Å². The van der Waals surface area contributed by atoms with Crippen molar-refractivity contribution in [3.05, 3.63) is 23.8 Å². The fourth-order valence-electron chi connectivity index (χ4n) is 1.91. The van der Waals surface area contributed by atoms with E-state index < -0.39 is 0 Å². The van der Waals surface area contributed by atoms with Crippen LogP contribution in [0.4, 0.5) is 5.69 Å². The lowest BCUT2D eigenvalue weighted by molar-refractivity contribution is 0.122. The third-order valence-corrected chi connectivity index (χ3v) is 3.04. The van der Waals surface area contributed by atoms with Crippen LogP contribution in [-0.2, 0) is 4.74 Å². The van der Waals surface area contributed by atoms with Crippen molar-refractivity contribution in [2.24, 2.45) is 5.73 Å². The zero-order valence-electron chi connectivity index (χ0n) is 9.81. The Kier molecular flexibility index (Phi) is 3.81. The zero-order chi connectivity index (χ0) is 12.3. The van der Waals surface area contributed by atoms with E-state index in [1.54, 1.807) is 7.11 Å². The lowest BCUT2D eigenvalue weighted by atomic mass is 10.1. The number of hydrogen-bond acceptors (Lipinski definition) is 4. The quantitative estimate of drug-likeness (QED) is 0.818. The molecule has 0 aromatic heterocycles. The molecule has 1 aromatic rings. The first-order chi connectivity index (χ1) is 8.22. The standard InChI is InChI=1S/C12H16N2O2S/c1-15-9-2-3-10(12(13)17)11(8-9)14-4-6-16-7-5-14/h2-3,8H,4-7H2,1H3,(H2,13,17). The van der Waals surface area contributed by atoms with Gasteiger partial charge in [-0.15, -0.1) is 0 Å². The molecular weight excluding hydrogens is 236 g/mol. The molecule has 0 saturated carbocycles. The number of thiocarbonyl (C=S) groups is 1. The van der Waals surface area contributed by atoms with Gasteiger partial charge in [-0.2, -0.15) is 0 Å². The van der Waals surface area contributed by atoms with Crippen molar-refractivity contribution in [1.82, 2.24) is 0 Å². The highest BCUT2D eigenvalue weighted by molar-refractivity contribution is 7.80. The third-order valence-electron chi connectivity index (χ3n) is 2.82. The van der Waals surface area contributed by atoms with Gasteiger partial charge in [0.05, 0.1) is 26.0 Å². The molecule has 92 valence electrons. The first-order valence-electron chi connectivity index (χ1n) is 5.53. The van der Waals surface area contributed by atoms with Crippen LogP contribution in [0.5, 0.6) is 5.75 Å². The summed E-state index contributed by atoms with van der Waals surface area (Å²) >= 11 is 5.08. The molecule has 0 radical (unpaired) electrons. The van der Waals surface area contributed by atoms with E-state index in [-0.39, 0.29) is 0 Å². The second-order valence-electron chi connectivity index (χ2n) is 3.85. The SMILES string of the molecule is COc1ccc(C(N)=S)c(N2CCOCC2)c1. The van der Waals surface area contributed by atoms with E-state index in [4.69, 9.17) is 27.4 Å². The average molecular weight is 252 g/mol. The van der Waals surface area contributed by atoms with Crippen molar-refractivity contribution in [3.63, 3.8) is 0 Å². The van der Waals surface area contributed by atoms with Crippen molar-refractivity contribution >= 4 is 22.9 Å². The van der Waals surface area contributed by atoms with Crippen molar-refractivity contribution < 1.29 is 9.47 Å². The maximum Gasteiger partial charge on any atom is 0.120 e. The smallest absolute Gasteiger partial charge is 0.120 e. The van der Waals surface area contributed by atoms with Crippen LogP contribution < -0.4 is 15.4 Å². The largest absolute Gasteiger partial charge is 0.497 e. The van der Waals surface area contributed by atoms with E-state index in [1.807, 2.05) is 18.2 Å². The summed E-state index contributed by atoms with van der Waals surface area (Å²) in [7, 11) is 1.65. The molecule has 1 saturated heterocycles. The summed E-state index contributed by atoms with van der Waals surface area (Å²) in [6.45, 7) is 3.16. The maximum absolute atomic E-state index is 5.75. The van der Waals surface area contributed by atoms with E-state index in [0.717, 1.165) is 43.3 Å². The van der Waals surface area contributed by atoms with Crippen LogP contribution in [0.3, 0.4) is 0 Å². The number of nitrogens with two attached hydrogens (primary N) is 1. The summed E-state index contributed by atoms with van der Waals surface area (Å²) in [4.78, 5) is 2.63. The van der Waals surface area contributed by atoms with Crippen LogP contribution in [0.25, 0.3) is 0 Å². The predicted octanol–water partition coefficient (Wildman–Crippen LogP) is 1.17. The summed E-state index contributed by atoms with van der Waals surface area (Å²) in [6, 6.07) is 5.75. The molecule has 1 aliphatic rings. The molecule has 0 unspecified atom stereocenters. The Labute approximate surface area is 106 Å². The molecule has 5 heteroatoms. The number of hydrogen-bond donors (Lipinski definition) is 1. The molecule has 2 N–H and O–H groups in total. The number of morpholine rings is 1. The second-order valence-corrected chi connectivity index (χ2v) is 4.29. The van der Waals surface area contributed by atoms with Crippen LogP contribution in [0, 0.1) is 0 Å². The summed E-state index contributed by atoms with van der Waals surface area (Å²) in [5.74, 6) is 0.812. The summed E-state index contributed by atoms with van der Waals surface area (Å²) < 4.78 is 10.6. The van der Waals surface area contributed by atoms with Crippen LogP contribution in [0.15, 0.2) is 18.2 Å². The molecule has 1 aliphatic heterocycles. The number of benzene rings is 1. The molecule has 1 fully saturated rings. The highest BCUT2D eigenvalue weighted by atomic mass is 32.1. The Morgan fingerprint density at radius 2 is 2.12 bits per heavy atom. The lowest BCUT2D eigenvalue weighted by Crippen LogP contribution is -2.37. The molecule has 0 atom stereocenters. The van der Waals surface area contributed by atoms with Gasteiger partial charge in [0.15, 0.2) is 0 Å². The molecule has 1 heterocycles. The van der Waals surface area contributed by atoms with Crippen molar-refractivity contribution in [2.75, 3.05) is 38.3 Å². The van der Waals surface area contributed by atoms with Crippen LogP contribution in [-0.4, -0.2) is 38.4 Å². The van der Waals surface area contributed by atoms with Gasteiger partial charge in [0.25, 0.3) is 0 Å². The van der Waals surface area contributed by atoms with Gasteiger partial charge in [0.1, 0.15) is 10.7 Å². The Hall–Kier alpha value is -1.33. The van der Waals surface area contributed by atoms with E-state index in [2.05, 4.69) is 4.90 Å². The van der Waals surface area contributed by atoms with Gasteiger partial charge in [0.2, 0.25) is 0 Å². The van der Waals surface area contributed by atoms with Gasteiger partial charge in [0, 0.05) is 24.7 Å². The minimum atomic E-state index is 0.411. The molecular formula is C12H16N2O2S. The van der Waals surface area contributed by atoms with Crippen LogP contribution >= 0.6 is 12.2 Å². The molecule has 4 nitrogen and oxygen atoms in total. The Balaban J connectivity index is 2.36. The van der Waals surface area contributed by atoms with Crippen molar-refractivity contribution in [3.8, 4) is 5.75 Å². The number of rotatable bonds is 3. The van der Waals surface area contributed by atoms with E-state index in [9.17, 15) is 0 Å². The lowest BCUT2D eigenvalue weighted by Gasteiger charge is -2.30. The van der Waals surface area contributed by atoms with Crippen molar-refractivity contribution in [2.45, 2.75) is 0 Å². The minimum absolute atomic E-state index is 0.411. The van der Waals surface area contributed by atoms with Gasteiger partial charge < -0.3 is 20.1 Å². The van der Waals surface area contributed by atoms with Gasteiger partial charge in [-0.1, -0.05) is 12.2 Å². The number of nitrogens with zero attached hydrogens (tertiary/aromatic N) is 1. The first-order valence-corrected chi connectivity index (χ1v) is 5.93. The summed E-state index contributed by atoms with van der Waals surface area (Å²) in [6.07, 6.45) is 0. The Bertz CT molecular complexity index is 417. The molecule has 2 rings (SSSR count). The summed E-state index contributed by atoms with van der Waals surface area (Å²) in [5, 5.41) is 0. The monoisotopic (exact) mass is 252 g/mol. The molecule has 0 spiro atoms. The maximum atomic E-state index is 5.75. The van der Waals surface area contributed by atoms with Gasteiger partial charge in [-0.05, 0) is 12.1 Å². The fourth-order valence-corrected chi connectivity index (χ4v) is 2.09.